The minimum atomic E-state index is -5.15. The SMILES string of the molecule is O=C(O)[C@@H]1O[C@@H](O[C@H]2[C@H](O)[C@@H](NS(=O)(=O)O)[C@@H](O)O[C@@H]2CO)[C@H](O)[C@@H](O)[C@@H]1O[C@H]1O[C@H](CO)[C@@H](O)[C@H](O)[C@H]1NS(=O)(=O)O. The Hall–Kier alpha value is -1.31. The number of hydrogen-bond acceptors (Lipinski definition) is 18. The van der Waals surface area contributed by atoms with Crippen molar-refractivity contribution >= 4 is 26.6 Å². The van der Waals surface area contributed by atoms with E-state index in [1.54, 1.807) is 0 Å². The highest BCUT2D eigenvalue weighted by molar-refractivity contribution is 7.84. The molecule has 0 spiro atoms. The first-order valence-corrected chi connectivity index (χ1v) is 15.0. The van der Waals surface area contributed by atoms with Crippen LogP contribution >= 0.6 is 0 Å². The van der Waals surface area contributed by atoms with Gasteiger partial charge in [0, 0.05) is 0 Å². The number of rotatable bonds is 11. The molecule has 0 radical (unpaired) electrons. The van der Waals surface area contributed by atoms with Gasteiger partial charge >= 0.3 is 26.6 Å². The molecular formula is C18H32N2O21S2. The lowest BCUT2D eigenvalue weighted by Gasteiger charge is -2.48. The molecule has 0 aromatic rings. The Morgan fingerprint density at radius 2 is 1.19 bits per heavy atom. The molecular weight excluding hydrogens is 644 g/mol. The summed E-state index contributed by atoms with van der Waals surface area (Å²) in [5.41, 5.74) is 0. The molecule has 0 unspecified atom stereocenters. The Bertz CT molecular complexity index is 1170. The van der Waals surface area contributed by atoms with Gasteiger partial charge in [0.2, 0.25) is 0 Å². The standard InChI is InChI=1S/C18H32N2O21S2/c21-1-3-7(23)8(24)6(20-43(34,35)36)17(38-3)40-13-10(26)11(27)18(41-14(13)15(28)29)39-12-4(2-22)37-16(30)5(9(12)25)19-42(31,32)33/h3-14,16-27,30H,1-2H2,(H,28,29)(H,31,32,33)(H,34,35,36)/t3-,4-,5-,6-,7-,8-,9-,10-,11-,12-,13+,14-,16+,17-,18-/m1/s1. The van der Waals surface area contributed by atoms with Gasteiger partial charge in [0.1, 0.15) is 67.0 Å². The summed E-state index contributed by atoms with van der Waals surface area (Å²) in [5, 5.41) is 91.2. The summed E-state index contributed by atoms with van der Waals surface area (Å²) in [6.07, 6.45) is -27.3. The van der Waals surface area contributed by atoms with Crippen molar-refractivity contribution < 1.29 is 100 Å². The summed E-state index contributed by atoms with van der Waals surface area (Å²) >= 11 is 0. The molecule has 23 nitrogen and oxygen atoms in total. The zero-order chi connectivity index (χ0) is 32.6. The summed E-state index contributed by atoms with van der Waals surface area (Å²) in [4.78, 5) is 12.1. The minimum Gasteiger partial charge on any atom is -0.479 e. The van der Waals surface area contributed by atoms with Gasteiger partial charge in [0.25, 0.3) is 0 Å². The number of carboxylic acid groups (broad SMARTS) is 1. The normalized spacial score (nSPS) is 44.7. The van der Waals surface area contributed by atoms with Crippen LogP contribution in [0.4, 0.5) is 0 Å². The van der Waals surface area contributed by atoms with E-state index in [0.29, 0.717) is 0 Å². The molecule has 0 aromatic heterocycles. The van der Waals surface area contributed by atoms with Gasteiger partial charge < -0.3 is 69.6 Å². The van der Waals surface area contributed by atoms with Gasteiger partial charge in [-0.1, -0.05) is 0 Å². The first-order chi connectivity index (χ1) is 19.8. The van der Waals surface area contributed by atoms with Crippen LogP contribution in [0.1, 0.15) is 0 Å². The van der Waals surface area contributed by atoms with Crippen LogP contribution in [0.3, 0.4) is 0 Å². The van der Waals surface area contributed by atoms with Gasteiger partial charge in [-0.15, -0.1) is 0 Å². The lowest BCUT2D eigenvalue weighted by atomic mass is 9.95. The maximum absolute atomic E-state index is 12.1. The second-order valence-corrected chi connectivity index (χ2v) is 12.0. The minimum absolute atomic E-state index is 0.985. The average Bonchev–Trinajstić information content (AvgIpc) is 2.89. The van der Waals surface area contributed by atoms with E-state index in [1.165, 1.54) is 9.44 Å². The third-order valence-corrected chi connectivity index (χ3v) is 7.83. The first-order valence-electron chi connectivity index (χ1n) is 12.1. The number of carboxylic acids is 1. The van der Waals surface area contributed by atoms with E-state index in [1.807, 2.05) is 0 Å². The van der Waals surface area contributed by atoms with Crippen LogP contribution in [0.25, 0.3) is 0 Å². The molecule has 3 aliphatic rings. The second kappa shape index (κ2) is 14.0. The van der Waals surface area contributed by atoms with E-state index in [2.05, 4.69) is 0 Å². The number of nitrogens with one attached hydrogen (secondary N) is 2. The van der Waals surface area contributed by atoms with Crippen LogP contribution in [-0.4, -0.2) is 183 Å². The predicted octanol–water partition coefficient (Wildman–Crippen LogP) is -8.68. The largest absolute Gasteiger partial charge is 0.479 e. The third-order valence-electron chi connectivity index (χ3n) is 6.69. The van der Waals surface area contributed by atoms with Crippen LogP contribution in [-0.2, 0) is 49.1 Å². The van der Waals surface area contributed by atoms with Gasteiger partial charge in [0.05, 0.1) is 13.2 Å². The van der Waals surface area contributed by atoms with Gasteiger partial charge in [0.15, 0.2) is 25.0 Å². The van der Waals surface area contributed by atoms with Gasteiger partial charge in [-0.3, -0.25) is 9.11 Å². The fraction of sp³-hybridized carbons (Fsp3) is 0.944. The van der Waals surface area contributed by atoms with E-state index < -0.39 is 132 Å². The molecule has 0 aromatic carbocycles. The van der Waals surface area contributed by atoms with Crippen molar-refractivity contribution in [3.8, 4) is 0 Å². The van der Waals surface area contributed by atoms with Crippen molar-refractivity contribution in [3.05, 3.63) is 0 Å². The van der Waals surface area contributed by atoms with E-state index in [-0.39, 0.29) is 0 Å². The fourth-order valence-electron chi connectivity index (χ4n) is 4.65. The molecule has 13 N–H and O–H groups in total. The zero-order valence-electron chi connectivity index (χ0n) is 21.4. The summed E-state index contributed by atoms with van der Waals surface area (Å²) < 4.78 is 92.3. The molecule has 3 rings (SSSR count). The maximum Gasteiger partial charge on any atom is 0.335 e. The molecule has 0 amide bonds. The summed E-state index contributed by atoms with van der Waals surface area (Å²) in [5.74, 6) is -1.92. The Kier molecular flexibility index (Phi) is 11.8. The molecule has 25 heteroatoms. The van der Waals surface area contributed by atoms with Gasteiger partial charge in [-0.05, 0) is 0 Å². The molecule has 3 aliphatic heterocycles. The van der Waals surface area contributed by atoms with Gasteiger partial charge in [-0.25, -0.2) is 4.79 Å². The molecule has 252 valence electrons. The van der Waals surface area contributed by atoms with Crippen molar-refractivity contribution in [2.75, 3.05) is 13.2 Å². The van der Waals surface area contributed by atoms with Crippen LogP contribution in [0, 0.1) is 0 Å². The maximum atomic E-state index is 12.1. The number of hydrogen-bond donors (Lipinski definition) is 13. The highest BCUT2D eigenvalue weighted by Crippen LogP contribution is 2.32. The Balaban J connectivity index is 1.86. The topological polar surface area (TPSA) is 378 Å². The summed E-state index contributed by atoms with van der Waals surface area (Å²) in [6, 6.07) is -4.11. The lowest BCUT2D eigenvalue weighted by Crippen LogP contribution is -2.69. The van der Waals surface area contributed by atoms with E-state index in [9.17, 15) is 72.1 Å². The molecule has 43 heavy (non-hydrogen) atoms. The molecule has 3 saturated heterocycles. The Morgan fingerprint density at radius 3 is 1.70 bits per heavy atom. The summed E-state index contributed by atoms with van der Waals surface area (Å²) in [6.45, 7) is -2.00. The molecule has 0 aliphatic carbocycles. The van der Waals surface area contributed by atoms with Crippen LogP contribution in [0.2, 0.25) is 0 Å². The van der Waals surface area contributed by atoms with Crippen molar-refractivity contribution in [1.82, 2.24) is 9.44 Å². The highest BCUT2D eigenvalue weighted by Gasteiger charge is 2.55. The molecule has 15 atom stereocenters. The zero-order valence-corrected chi connectivity index (χ0v) is 23.0. The number of aliphatic hydroxyl groups is 8. The first kappa shape index (κ1) is 36.2. The van der Waals surface area contributed by atoms with Crippen LogP contribution < -0.4 is 9.44 Å². The number of ether oxygens (including phenoxy) is 5. The predicted molar refractivity (Wildman–Crippen MR) is 127 cm³/mol. The molecule has 0 saturated carbocycles. The van der Waals surface area contributed by atoms with Crippen LogP contribution in [0.15, 0.2) is 0 Å². The highest BCUT2D eigenvalue weighted by atomic mass is 32.2. The monoisotopic (exact) mass is 676 g/mol. The van der Waals surface area contributed by atoms with Crippen molar-refractivity contribution in [1.29, 1.82) is 0 Å². The quantitative estimate of drug-likeness (QED) is 0.0903. The number of aliphatic hydroxyl groups excluding tert-OH is 8. The molecule has 3 fully saturated rings. The Morgan fingerprint density at radius 1 is 0.651 bits per heavy atom. The lowest BCUT2D eigenvalue weighted by molar-refractivity contribution is -0.360. The fourth-order valence-corrected chi connectivity index (χ4v) is 5.85. The van der Waals surface area contributed by atoms with E-state index in [4.69, 9.17) is 28.2 Å². The molecule has 3 heterocycles. The van der Waals surface area contributed by atoms with Crippen molar-refractivity contribution in [3.63, 3.8) is 0 Å². The van der Waals surface area contributed by atoms with E-state index >= 15 is 0 Å². The van der Waals surface area contributed by atoms with E-state index in [0.717, 1.165) is 0 Å². The smallest absolute Gasteiger partial charge is 0.335 e. The summed E-state index contributed by atoms with van der Waals surface area (Å²) in [7, 11) is -10.2. The van der Waals surface area contributed by atoms with Crippen LogP contribution in [0.5, 0.6) is 0 Å². The molecule has 0 bridgehead atoms. The number of carbonyl (C=O) groups is 1. The average molecular weight is 677 g/mol. The van der Waals surface area contributed by atoms with Gasteiger partial charge in [-0.2, -0.15) is 26.3 Å². The second-order valence-electron chi connectivity index (χ2n) is 9.63. The van der Waals surface area contributed by atoms with Crippen molar-refractivity contribution in [2.24, 2.45) is 0 Å². The Labute approximate surface area is 241 Å². The van der Waals surface area contributed by atoms with Crippen molar-refractivity contribution in [2.45, 2.75) is 92.0 Å². The third kappa shape index (κ3) is 8.49. The number of aliphatic carboxylic acids is 1.